The molecule has 3 heterocycles. The van der Waals surface area contributed by atoms with E-state index in [0.29, 0.717) is 52.7 Å². The van der Waals surface area contributed by atoms with Gasteiger partial charge < -0.3 is 43.5 Å². The number of ether oxygens (including phenoxy) is 6. The minimum absolute atomic E-state index is 0.000587. The highest BCUT2D eigenvalue weighted by atomic mass is 16.5. The third kappa shape index (κ3) is 8.26. The second-order valence-electron chi connectivity index (χ2n) is 11.6. The quantitative estimate of drug-likeness (QED) is 0.350. The van der Waals surface area contributed by atoms with Gasteiger partial charge in [0.1, 0.15) is 19.0 Å². The number of hydrogen-bond donors (Lipinski definition) is 1. The molecule has 1 N–H and O–H groups in total. The molecule has 0 spiro atoms. The van der Waals surface area contributed by atoms with Crippen molar-refractivity contribution in [3.63, 3.8) is 0 Å². The van der Waals surface area contributed by atoms with E-state index in [2.05, 4.69) is 46.6 Å². The van der Waals surface area contributed by atoms with Gasteiger partial charge in [0.15, 0.2) is 0 Å². The summed E-state index contributed by atoms with van der Waals surface area (Å²) >= 11 is 0. The maximum absolute atomic E-state index is 13.1. The van der Waals surface area contributed by atoms with Crippen molar-refractivity contribution in [2.75, 3.05) is 84.9 Å². The lowest BCUT2D eigenvalue weighted by Gasteiger charge is -2.39. The lowest BCUT2D eigenvalue weighted by molar-refractivity contribution is -0.148. The van der Waals surface area contributed by atoms with Gasteiger partial charge in [-0.15, -0.1) is 0 Å². The van der Waals surface area contributed by atoms with Crippen LogP contribution in [0.1, 0.15) is 36.0 Å². The van der Waals surface area contributed by atoms with Crippen LogP contribution in [0.3, 0.4) is 0 Å². The van der Waals surface area contributed by atoms with Crippen LogP contribution >= 0.6 is 0 Å². The average Bonchev–Trinajstić information content (AvgIpc) is 3.03. The lowest BCUT2D eigenvalue weighted by Crippen LogP contribution is -2.52. The van der Waals surface area contributed by atoms with Gasteiger partial charge in [-0.1, -0.05) is 30.3 Å². The number of benzene rings is 2. The predicted octanol–water partition coefficient (Wildman–Crippen LogP) is 2.97. The van der Waals surface area contributed by atoms with Crippen LogP contribution < -0.4 is 15.0 Å². The molecule has 0 aromatic heterocycles. The van der Waals surface area contributed by atoms with Crippen LogP contribution in [-0.4, -0.2) is 109 Å². The molecule has 2 aromatic rings. The van der Waals surface area contributed by atoms with Crippen LogP contribution in [0.2, 0.25) is 0 Å². The summed E-state index contributed by atoms with van der Waals surface area (Å²) in [5.74, 6) is 0.868. The molecule has 0 bridgehead atoms. The second kappa shape index (κ2) is 15.8. The van der Waals surface area contributed by atoms with E-state index >= 15 is 0 Å². The topological polar surface area (TPSA) is 91.0 Å². The van der Waals surface area contributed by atoms with Crippen molar-refractivity contribution in [1.29, 1.82) is 0 Å². The summed E-state index contributed by atoms with van der Waals surface area (Å²) in [6.45, 7) is 9.31. The Bertz CT molecular complexity index is 1160. The third-order valence-corrected chi connectivity index (χ3v) is 8.50. The van der Waals surface area contributed by atoms with Crippen molar-refractivity contribution in [1.82, 2.24) is 10.2 Å². The Balaban J connectivity index is 1.29. The van der Waals surface area contributed by atoms with E-state index in [1.54, 1.807) is 14.2 Å². The first-order chi connectivity index (χ1) is 21.1. The van der Waals surface area contributed by atoms with Crippen molar-refractivity contribution in [3.05, 3.63) is 59.2 Å². The molecule has 236 valence electrons. The van der Waals surface area contributed by atoms with Crippen molar-refractivity contribution in [3.8, 4) is 5.75 Å². The zero-order chi connectivity index (χ0) is 30.0. The number of carbonyl (C=O) groups is 1. The fraction of sp³-hybridized carbons (Fsp3) is 0.606. The zero-order valence-corrected chi connectivity index (χ0v) is 25.8. The minimum Gasteiger partial charge on any atom is -0.490 e. The number of rotatable bonds is 13. The van der Waals surface area contributed by atoms with E-state index in [9.17, 15) is 4.79 Å². The van der Waals surface area contributed by atoms with Gasteiger partial charge in [0.2, 0.25) is 5.91 Å². The maximum atomic E-state index is 13.1. The predicted molar refractivity (Wildman–Crippen MR) is 164 cm³/mol. The largest absolute Gasteiger partial charge is 0.490 e. The molecule has 43 heavy (non-hydrogen) atoms. The number of nitrogens with one attached hydrogen (secondary N) is 1. The molecule has 3 aliphatic heterocycles. The number of morpholine rings is 1. The highest BCUT2D eigenvalue weighted by Gasteiger charge is 2.37. The summed E-state index contributed by atoms with van der Waals surface area (Å²) < 4.78 is 35.1. The molecule has 3 aliphatic rings. The molecule has 2 aromatic carbocycles. The first-order valence-electron chi connectivity index (χ1n) is 15.5. The number of methoxy groups -OCH3 is 2. The molecule has 4 atom stereocenters. The molecule has 10 nitrogen and oxygen atoms in total. The molecular weight excluding hydrogens is 550 g/mol. The van der Waals surface area contributed by atoms with Gasteiger partial charge in [-0.05, 0) is 42.2 Å². The Labute approximate surface area is 255 Å². The molecular formula is C33H47N3O7. The number of fused-ring (bicyclic) bond motifs is 1. The first-order valence-corrected chi connectivity index (χ1v) is 15.5. The monoisotopic (exact) mass is 597 g/mol. The maximum Gasteiger partial charge on any atom is 0.248 e. The number of carbonyl (C=O) groups excluding carboxylic acids is 1. The third-order valence-electron chi connectivity index (χ3n) is 8.50. The lowest BCUT2D eigenvalue weighted by atomic mass is 9.85. The first kappa shape index (κ1) is 31.7. The Hall–Kier alpha value is -2.73. The van der Waals surface area contributed by atoms with Crippen LogP contribution in [0.15, 0.2) is 42.5 Å². The molecule has 0 radical (unpaired) electrons. The van der Waals surface area contributed by atoms with Gasteiger partial charge in [0, 0.05) is 52.9 Å². The molecule has 5 rings (SSSR count). The van der Waals surface area contributed by atoms with E-state index in [0.717, 1.165) is 54.2 Å². The molecule has 0 unspecified atom stereocenters. The van der Waals surface area contributed by atoms with Gasteiger partial charge >= 0.3 is 0 Å². The van der Waals surface area contributed by atoms with Gasteiger partial charge in [0.25, 0.3) is 0 Å². The Morgan fingerprint density at radius 2 is 1.74 bits per heavy atom. The smallest absolute Gasteiger partial charge is 0.248 e. The Morgan fingerprint density at radius 3 is 2.51 bits per heavy atom. The van der Waals surface area contributed by atoms with Gasteiger partial charge in [-0.2, -0.15) is 0 Å². The number of hydrogen-bond acceptors (Lipinski definition) is 9. The van der Waals surface area contributed by atoms with Crippen molar-refractivity contribution in [2.45, 2.75) is 50.7 Å². The number of amides is 1. The fourth-order valence-electron chi connectivity index (χ4n) is 6.22. The molecule has 1 amide bonds. The van der Waals surface area contributed by atoms with Gasteiger partial charge in [-0.3, -0.25) is 4.79 Å². The van der Waals surface area contributed by atoms with Crippen LogP contribution in [0.5, 0.6) is 5.75 Å². The molecule has 2 saturated heterocycles. The number of piperidine rings is 1. The van der Waals surface area contributed by atoms with E-state index in [1.807, 2.05) is 17.9 Å². The van der Waals surface area contributed by atoms with Gasteiger partial charge in [-0.25, -0.2) is 0 Å². The SMILES string of the molecule is COCCCN1CCOc2ccc(CO[C@H]3CNC[C@@H](OCC(=O)N4CCOC[C@H]4C)[C@@H]3c3ccc(COC)cc3)cc21. The van der Waals surface area contributed by atoms with Crippen molar-refractivity contribution in [2.24, 2.45) is 0 Å². The van der Waals surface area contributed by atoms with Crippen LogP contribution in [0, 0.1) is 0 Å². The fourth-order valence-corrected chi connectivity index (χ4v) is 6.22. The summed E-state index contributed by atoms with van der Waals surface area (Å²) in [7, 11) is 3.44. The molecule has 0 aliphatic carbocycles. The highest BCUT2D eigenvalue weighted by Crippen LogP contribution is 2.35. The Kier molecular flexibility index (Phi) is 11.7. The molecule has 10 heteroatoms. The average molecular weight is 598 g/mol. The zero-order valence-electron chi connectivity index (χ0n) is 25.8. The van der Waals surface area contributed by atoms with Crippen LogP contribution in [0.4, 0.5) is 5.69 Å². The van der Waals surface area contributed by atoms with E-state index in [-0.39, 0.29) is 36.7 Å². The van der Waals surface area contributed by atoms with E-state index in [1.165, 1.54) is 0 Å². The van der Waals surface area contributed by atoms with Crippen molar-refractivity contribution < 1.29 is 33.2 Å². The summed E-state index contributed by atoms with van der Waals surface area (Å²) in [5.41, 5.74) is 4.44. The molecule has 2 fully saturated rings. The number of anilines is 1. The second-order valence-corrected chi connectivity index (χ2v) is 11.6. The summed E-state index contributed by atoms with van der Waals surface area (Å²) in [6.07, 6.45) is 0.596. The summed E-state index contributed by atoms with van der Waals surface area (Å²) in [5, 5.41) is 3.50. The van der Waals surface area contributed by atoms with E-state index in [4.69, 9.17) is 28.4 Å². The standard InChI is InChI=1S/C33H47N3O7/c1-24-20-40-15-13-36(24)32(37)23-43-31-19-34-18-30(33(31)27-8-5-25(6-9-27)21-39-3)42-22-26-7-10-29-28(17-26)35(12-16-41-29)11-4-14-38-2/h5-10,17,24,30-31,33-34H,4,11-16,18-23H2,1-3H3/t24-,30+,31-,33-/m1/s1. The highest BCUT2D eigenvalue weighted by molar-refractivity contribution is 5.78. The minimum atomic E-state index is -0.222. The van der Waals surface area contributed by atoms with E-state index < -0.39 is 0 Å². The van der Waals surface area contributed by atoms with Gasteiger partial charge in [0.05, 0.1) is 56.9 Å². The number of nitrogens with zero attached hydrogens (tertiary/aromatic N) is 2. The Morgan fingerprint density at radius 1 is 0.953 bits per heavy atom. The normalized spacial score (nSPS) is 24.0. The van der Waals surface area contributed by atoms with Crippen LogP contribution in [-0.2, 0) is 41.7 Å². The summed E-state index contributed by atoms with van der Waals surface area (Å²) in [6, 6.07) is 14.8. The summed E-state index contributed by atoms with van der Waals surface area (Å²) in [4.78, 5) is 17.3. The van der Waals surface area contributed by atoms with Crippen molar-refractivity contribution >= 4 is 11.6 Å². The molecule has 0 saturated carbocycles. The van der Waals surface area contributed by atoms with Crippen LogP contribution in [0.25, 0.3) is 0 Å².